The molecule has 0 aliphatic carbocycles. The van der Waals surface area contributed by atoms with E-state index in [9.17, 15) is 9.59 Å². The van der Waals surface area contributed by atoms with Crippen molar-refractivity contribution in [2.45, 2.75) is 13.3 Å². The van der Waals surface area contributed by atoms with Crippen molar-refractivity contribution in [3.05, 3.63) is 25.3 Å². The fourth-order valence-corrected chi connectivity index (χ4v) is 0.461. The van der Waals surface area contributed by atoms with Gasteiger partial charge in [0, 0.05) is 0 Å². The second-order valence-corrected chi connectivity index (χ2v) is 2.31. The third-order valence-electron chi connectivity index (χ3n) is 1.25. The molecule has 0 bridgehead atoms. The molecular formula is C9H12O3. The maximum atomic E-state index is 10.9. The Bertz CT molecular complexity index is 206. The van der Waals surface area contributed by atoms with Gasteiger partial charge in [-0.05, 0) is 6.92 Å². The first-order chi connectivity index (χ1) is 5.61. The van der Waals surface area contributed by atoms with Crippen LogP contribution in [0, 0.1) is 5.92 Å². The molecule has 0 radical (unpaired) electrons. The SMILES string of the molecule is C=CCC(=O)OC(=O)C(C)C=C. The number of hydrogen-bond acceptors (Lipinski definition) is 3. The highest BCUT2D eigenvalue weighted by Crippen LogP contribution is 2.00. The van der Waals surface area contributed by atoms with E-state index in [1.807, 2.05) is 0 Å². The molecule has 0 heterocycles. The second-order valence-electron chi connectivity index (χ2n) is 2.31. The summed E-state index contributed by atoms with van der Waals surface area (Å²) in [6.45, 7) is 8.35. The lowest BCUT2D eigenvalue weighted by atomic mass is 10.2. The highest BCUT2D eigenvalue weighted by Gasteiger charge is 2.13. The molecule has 0 aromatic heterocycles. The van der Waals surface area contributed by atoms with Crippen LogP contribution in [0.5, 0.6) is 0 Å². The zero-order valence-electron chi connectivity index (χ0n) is 7.08. The number of ether oxygens (including phenoxy) is 1. The third kappa shape index (κ3) is 3.71. The summed E-state index contributed by atoms with van der Waals surface area (Å²) in [6.07, 6.45) is 2.85. The third-order valence-corrected chi connectivity index (χ3v) is 1.25. The van der Waals surface area contributed by atoms with E-state index < -0.39 is 17.9 Å². The zero-order chi connectivity index (χ0) is 9.56. The largest absolute Gasteiger partial charge is 0.392 e. The minimum atomic E-state index is -0.580. The molecule has 12 heavy (non-hydrogen) atoms. The summed E-state index contributed by atoms with van der Waals surface area (Å²) in [6, 6.07) is 0. The topological polar surface area (TPSA) is 43.4 Å². The van der Waals surface area contributed by atoms with E-state index in [-0.39, 0.29) is 6.42 Å². The Labute approximate surface area is 71.7 Å². The van der Waals surface area contributed by atoms with Crippen molar-refractivity contribution in [2.75, 3.05) is 0 Å². The minimum absolute atomic E-state index is 0.0512. The van der Waals surface area contributed by atoms with E-state index in [4.69, 9.17) is 0 Å². The van der Waals surface area contributed by atoms with Crippen LogP contribution in [-0.4, -0.2) is 11.9 Å². The Morgan fingerprint density at radius 1 is 1.50 bits per heavy atom. The van der Waals surface area contributed by atoms with Crippen LogP contribution < -0.4 is 0 Å². The summed E-state index contributed by atoms with van der Waals surface area (Å²) in [7, 11) is 0. The average molecular weight is 168 g/mol. The predicted octanol–water partition coefficient (Wildman–Crippen LogP) is 1.45. The number of esters is 2. The molecule has 0 aliphatic rings. The van der Waals surface area contributed by atoms with Gasteiger partial charge in [0.25, 0.3) is 0 Å². The molecule has 66 valence electrons. The van der Waals surface area contributed by atoms with Gasteiger partial charge in [0.15, 0.2) is 0 Å². The van der Waals surface area contributed by atoms with Gasteiger partial charge in [-0.15, -0.1) is 13.2 Å². The molecule has 0 aromatic carbocycles. The highest BCUT2D eigenvalue weighted by atomic mass is 16.6. The molecule has 0 spiro atoms. The Morgan fingerprint density at radius 3 is 2.50 bits per heavy atom. The van der Waals surface area contributed by atoms with Crippen LogP contribution >= 0.6 is 0 Å². The zero-order valence-corrected chi connectivity index (χ0v) is 7.08. The Kier molecular flexibility index (Phi) is 4.69. The van der Waals surface area contributed by atoms with Crippen LogP contribution in [0.4, 0.5) is 0 Å². The molecule has 0 aromatic rings. The monoisotopic (exact) mass is 168 g/mol. The molecule has 0 N–H and O–H groups in total. The first-order valence-corrected chi connectivity index (χ1v) is 3.59. The maximum absolute atomic E-state index is 10.9. The average Bonchev–Trinajstić information content (AvgIpc) is 2.03. The molecule has 3 nitrogen and oxygen atoms in total. The number of carbonyl (C=O) groups excluding carboxylic acids is 2. The van der Waals surface area contributed by atoms with E-state index in [1.54, 1.807) is 6.92 Å². The molecule has 0 rings (SSSR count). The summed E-state index contributed by atoms with van der Waals surface area (Å²) in [5.41, 5.74) is 0. The van der Waals surface area contributed by atoms with Crippen molar-refractivity contribution in [3.8, 4) is 0 Å². The molecule has 0 saturated heterocycles. The lowest BCUT2D eigenvalue weighted by Gasteiger charge is -2.03. The van der Waals surface area contributed by atoms with Crippen LogP contribution in [0.1, 0.15) is 13.3 Å². The Hall–Kier alpha value is -1.38. The van der Waals surface area contributed by atoms with E-state index in [0.717, 1.165) is 0 Å². The quantitative estimate of drug-likeness (QED) is 0.362. The van der Waals surface area contributed by atoms with E-state index >= 15 is 0 Å². The molecule has 0 amide bonds. The summed E-state index contributed by atoms with van der Waals surface area (Å²) < 4.78 is 4.42. The van der Waals surface area contributed by atoms with Crippen LogP contribution in [-0.2, 0) is 14.3 Å². The van der Waals surface area contributed by atoms with Crippen molar-refractivity contribution < 1.29 is 14.3 Å². The van der Waals surface area contributed by atoms with Crippen LogP contribution in [0.3, 0.4) is 0 Å². The highest BCUT2D eigenvalue weighted by molar-refractivity contribution is 5.87. The molecule has 1 unspecified atom stereocenters. The molecule has 0 fully saturated rings. The van der Waals surface area contributed by atoms with Gasteiger partial charge >= 0.3 is 11.9 Å². The van der Waals surface area contributed by atoms with Gasteiger partial charge in [-0.25, -0.2) is 0 Å². The summed E-state index contributed by atoms with van der Waals surface area (Å²) in [5, 5.41) is 0. The van der Waals surface area contributed by atoms with Crippen molar-refractivity contribution in [1.82, 2.24) is 0 Å². The minimum Gasteiger partial charge on any atom is -0.392 e. The Balaban J connectivity index is 3.91. The van der Waals surface area contributed by atoms with Gasteiger partial charge in [-0.3, -0.25) is 9.59 Å². The van der Waals surface area contributed by atoms with Gasteiger partial charge in [-0.2, -0.15) is 0 Å². The molecule has 0 aliphatic heterocycles. The Morgan fingerprint density at radius 2 is 2.08 bits per heavy atom. The van der Waals surface area contributed by atoms with Crippen LogP contribution in [0.15, 0.2) is 25.3 Å². The van der Waals surface area contributed by atoms with Gasteiger partial charge in [0.1, 0.15) is 0 Å². The summed E-state index contributed by atoms with van der Waals surface area (Å²) in [4.78, 5) is 21.6. The smallest absolute Gasteiger partial charge is 0.320 e. The van der Waals surface area contributed by atoms with Gasteiger partial charge < -0.3 is 4.74 Å². The van der Waals surface area contributed by atoms with Gasteiger partial charge in [-0.1, -0.05) is 12.2 Å². The van der Waals surface area contributed by atoms with E-state index in [2.05, 4.69) is 17.9 Å². The van der Waals surface area contributed by atoms with E-state index in [0.29, 0.717) is 0 Å². The lowest BCUT2D eigenvalue weighted by Crippen LogP contribution is -2.16. The first kappa shape index (κ1) is 10.6. The normalized spacial score (nSPS) is 11.4. The summed E-state index contributed by atoms with van der Waals surface area (Å²) >= 11 is 0. The molecule has 0 saturated carbocycles. The molecule has 3 heteroatoms. The lowest BCUT2D eigenvalue weighted by molar-refractivity contribution is -0.160. The van der Waals surface area contributed by atoms with Gasteiger partial charge in [0.2, 0.25) is 0 Å². The fraction of sp³-hybridized carbons (Fsp3) is 0.333. The standard InChI is InChI=1S/C9H12O3/c1-4-6-8(10)12-9(11)7(3)5-2/h4-5,7H,1-2,6H2,3H3. The molecular weight excluding hydrogens is 156 g/mol. The van der Waals surface area contributed by atoms with Crippen LogP contribution in [0.2, 0.25) is 0 Å². The van der Waals surface area contributed by atoms with Crippen molar-refractivity contribution in [1.29, 1.82) is 0 Å². The summed E-state index contributed by atoms with van der Waals surface area (Å²) in [5.74, 6) is -1.60. The number of hydrogen-bond donors (Lipinski definition) is 0. The first-order valence-electron chi connectivity index (χ1n) is 3.59. The fourth-order valence-electron chi connectivity index (χ4n) is 0.461. The van der Waals surface area contributed by atoms with Crippen molar-refractivity contribution in [2.24, 2.45) is 5.92 Å². The second kappa shape index (κ2) is 5.29. The predicted molar refractivity (Wildman–Crippen MR) is 45.3 cm³/mol. The number of carbonyl (C=O) groups is 2. The van der Waals surface area contributed by atoms with Crippen LogP contribution in [0.25, 0.3) is 0 Å². The van der Waals surface area contributed by atoms with Gasteiger partial charge in [0.05, 0.1) is 12.3 Å². The maximum Gasteiger partial charge on any atom is 0.320 e. The molecule has 1 atom stereocenters. The van der Waals surface area contributed by atoms with Crippen molar-refractivity contribution >= 4 is 11.9 Å². The van der Waals surface area contributed by atoms with E-state index in [1.165, 1.54) is 12.2 Å². The van der Waals surface area contributed by atoms with Crippen molar-refractivity contribution in [3.63, 3.8) is 0 Å². The number of rotatable bonds is 4.